The fourth-order valence-electron chi connectivity index (χ4n) is 2.97. The van der Waals surface area contributed by atoms with E-state index in [0.29, 0.717) is 20.8 Å². The van der Waals surface area contributed by atoms with Crippen molar-refractivity contribution in [2.24, 2.45) is 7.05 Å². The predicted octanol–water partition coefficient (Wildman–Crippen LogP) is 5.31. The summed E-state index contributed by atoms with van der Waals surface area (Å²) < 4.78 is 3.19. The molecule has 0 aliphatic rings. The van der Waals surface area contributed by atoms with Crippen LogP contribution in [0.15, 0.2) is 63.2 Å². The first-order chi connectivity index (χ1) is 12.8. The number of halogens is 2. The molecule has 3 aromatic rings. The molecule has 0 bridgehead atoms. The maximum Gasteiger partial charge on any atom is 0.329 e. The third-order valence-corrected chi connectivity index (χ3v) is 5.74. The van der Waals surface area contributed by atoms with E-state index in [9.17, 15) is 9.90 Å². The molecule has 0 aliphatic heterocycles. The molecule has 2 aromatic carbocycles. The van der Waals surface area contributed by atoms with E-state index in [1.54, 1.807) is 29.8 Å². The second-order valence-corrected chi connectivity index (χ2v) is 8.45. The van der Waals surface area contributed by atoms with Gasteiger partial charge in [-0.3, -0.25) is 9.13 Å². The molecule has 1 heterocycles. The highest BCUT2D eigenvalue weighted by atomic mass is 35.5. The van der Waals surface area contributed by atoms with Gasteiger partial charge in [0.15, 0.2) is 0 Å². The molecule has 0 radical (unpaired) electrons. The predicted molar refractivity (Wildman–Crippen MR) is 111 cm³/mol. The van der Waals surface area contributed by atoms with Crippen LogP contribution in [-0.4, -0.2) is 14.2 Å². The van der Waals surface area contributed by atoms with Crippen LogP contribution in [-0.2, 0) is 7.05 Å². The number of nitrogens with zero attached hydrogens (tertiary/aromatic N) is 2. The average molecular weight is 423 g/mol. The van der Waals surface area contributed by atoms with Crippen molar-refractivity contribution in [1.29, 1.82) is 0 Å². The molecular formula is C20H20Cl2N2O2S. The summed E-state index contributed by atoms with van der Waals surface area (Å²) in [4.78, 5) is 13.7. The second-order valence-electron chi connectivity index (χ2n) is 6.52. The number of aliphatic hydroxyl groups excluding tert-OH is 1. The van der Waals surface area contributed by atoms with Gasteiger partial charge in [0, 0.05) is 28.0 Å². The quantitative estimate of drug-likeness (QED) is 0.605. The summed E-state index contributed by atoms with van der Waals surface area (Å²) in [7, 11) is 1.68. The van der Waals surface area contributed by atoms with E-state index in [2.05, 4.69) is 0 Å². The van der Waals surface area contributed by atoms with Crippen LogP contribution in [0.5, 0.6) is 0 Å². The first kappa shape index (κ1) is 20.1. The Morgan fingerprint density at radius 1 is 1.04 bits per heavy atom. The summed E-state index contributed by atoms with van der Waals surface area (Å²) in [5.74, 6) is 0. The molecule has 27 heavy (non-hydrogen) atoms. The number of aliphatic hydroxyl groups is 1. The van der Waals surface area contributed by atoms with E-state index in [0.717, 1.165) is 10.5 Å². The summed E-state index contributed by atoms with van der Waals surface area (Å²) in [6.45, 7) is 3.88. The maximum absolute atomic E-state index is 12.9. The lowest BCUT2D eigenvalue weighted by atomic mass is 10.1. The van der Waals surface area contributed by atoms with Gasteiger partial charge in [0.2, 0.25) is 0 Å². The zero-order chi connectivity index (χ0) is 19.7. The normalized spacial score (nSPS) is 12.6. The molecule has 3 rings (SSSR count). The van der Waals surface area contributed by atoms with Crippen molar-refractivity contribution in [3.8, 4) is 0 Å². The number of benzene rings is 2. The molecule has 0 spiro atoms. The van der Waals surface area contributed by atoms with Crippen LogP contribution < -0.4 is 5.69 Å². The van der Waals surface area contributed by atoms with Crippen molar-refractivity contribution in [2.75, 3.05) is 0 Å². The van der Waals surface area contributed by atoms with Gasteiger partial charge in [-0.2, -0.15) is 0 Å². The molecule has 1 N–H and O–H groups in total. The first-order valence-electron chi connectivity index (χ1n) is 8.47. The lowest BCUT2D eigenvalue weighted by molar-refractivity contribution is 0.207. The smallest absolute Gasteiger partial charge is 0.329 e. The number of imidazole rings is 1. The van der Waals surface area contributed by atoms with Crippen LogP contribution in [0.3, 0.4) is 0 Å². The van der Waals surface area contributed by atoms with Crippen molar-refractivity contribution in [3.63, 3.8) is 0 Å². The van der Waals surface area contributed by atoms with E-state index in [-0.39, 0.29) is 11.7 Å². The highest BCUT2D eigenvalue weighted by Crippen LogP contribution is 2.38. The minimum atomic E-state index is -0.930. The molecule has 0 saturated heterocycles. The minimum Gasteiger partial charge on any atom is -0.382 e. The fraction of sp³-hybridized carbons (Fsp3) is 0.250. The zero-order valence-corrected chi connectivity index (χ0v) is 17.5. The maximum atomic E-state index is 12.9. The van der Waals surface area contributed by atoms with E-state index < -0.39 is 6.10 Å². The van der Waals surface area contributed by atoms with Crippen molar-refractivity contribution >= 4 is 35.0 Å². The summed E-state index contributed by atoms with van der Waals surface area (Å²) in [5.41, 5.74) is 1.09. The fourth-order valence-corrected chi connectivity index (χ4v) is 4.96. The Morgan fingerprint density at radius 3 is 2.19 bits per heavy atom. The molecule has 4 nitrogen and oxygen atoms in total. The molecule has 0 saturated carbocycles. The van der Waals surface area contributed by atoms with Crippen molar-refractivity contribution in [3.05, 3.63) is 80.3 Å². The van der Waals surface area contributed by atoms with Gasteiger partial charge in [0.05, 0.1) is 5.69 Å². The second kappa shape index (κ2) is 8.15. The Morgan fingerprint density at radius 2 is 1.63 bits per heavy atom. The van der Waals surface area contributed by atoms with Gasteiger partial charge in [-0.05, 0) is 37.6 Å². The average Bonchev–Trinajstić information content (AvgIpc) is 2.85. The molecule has 1 aromatic heterocycles. The third kappa shape index (κ3) is 4.11. The van der Waals surface area contributed by atoms with Crippen LogP contribution in [0.1, 0.15) is 37.3 Å². The number of hydrogen-bond acceptors (Lipinski definition) is 3. The van der Waals surface area contributed by atoms with Gasteiger partial charge in [0.25, 0.3) is 0 Å². The van der Waals surface area contributed by atoms with Crippen LogP contribution >= 0.6 is 35.0 Å². The Balaban J connectivity index is 2.18. The Kier molecular flexibility index (Phi) is 6.06. The van der Waals surface area contributed by atoms with Gasteiger partial charge >= 0.3 is 5.69 Å². The van der Waals surface area contributed by atoms with E-state index in [1.165, 1.54) is 16.3 Å². The van der Waals surface area contributed by atoms with Gasteiger partial charge in [0.1, 0.15) is 11.1 Å². The van der Waals surface area contributed by atoms with Crippen molar-refractivity contribution < 1.29 is 5.11 Å². The summed E-state index contributed by atoms with van der Waals surface area (Å²) in [6, 6.07) is 14.5. The van der Waals surface area contributed by atoms with Gasteiger partial charge in [-0.15, -0.1) is 0 Å². The summed E-state index contributed by atoms with van der Waals surface area (Å²) in [5, 5.41) is 12.7. The van der Waals surface area contributed by atoms with E-state index in [4.69, 9.17) is 23.2 Å². The molecule has 1 atom stereocenters. The lowest BCUT2D eigenvalue weighted by Crippen LogP contribution is -2.24. The van der Waals surface area contributed by atoms with Gasteiger partial charge < -0.3 is 5.11 Å². The van der Waals surface area contributed by atoms with E-state index >= 15 is 0 Å². The van der Waals surface area contributed by atoms with Crippen LogP contribution in [0.25, 0.3) is 0 Å². The van der Waals surface area contributed by atoms with Gasteiger partial charge in [-0.25, -0.2) is 4.79 Å². The van der Waals surface area contributed by atoms with E-state index in [1.807, 2.05) is 44.2 Å². The van der Waals surface area contributed by atoms with Crippen LogP contribution in [0, 0.1) is 0 Å². The molecular weight excluding hydrogens is 403 g/mol. The van der Waals surface area contributed by atoms with Crippen molar-refractivity contribution in [2.45, 2.75) is 35.9 Å². The Hall–Kier alpha value is -1.66. The largest absolute Gasteiger partial charge is 0.382 e. The first-order valence-corrected chi connectivity index (χ1v) is 10.0. The molecule has 0 amide bonds. The zero-order valence-electron chi connectivity index (χ0n) is 15.2. The standard InChI is InChI=1S/C20H20Cl2N2O2S/c1-12(2)24-19(27-16-10-14(21)9-15(22)11-16)17(23(3)20(24)26)18(25)13-7-5-4-6-8-13/h4-12,18,25H,1-3H3. The monoisotopic (exact) mass is 422 g/mol. The highest BCUT2D eigenvalue weighted by Gasteiger charge is 2.26. The molecule has 7 heteroatoms. The Bertz CT molecular complexity index is 993. The van der Waals surface area contributed by atoms with Crippen molar-refractivity contribution in [1.82, 2.24) is 9.13 Å². The molecule has 1 unspecified atom stereocenters. The molecule has 0 aliphatic carbocycles. The van der Waals surface area contributed by atoms with Gasteiger partial charge in [-0.1, -0.05) is 65.3 Å². The minimum absolute atomic E-state index is 0.0717. The summed E-state index contributed by atoms with van der Waals surface area (Å²) >= 11 is 13.6. The topological polar surface area (TPSA) is 47.2 Å². The lowest BCUT2D eigenvalue weighted by Gasteiger charge is -2.16. The number of rotatable bonds is 5. The Labute approximate surface area is 172 Å². The highest BCUT2D eigenvalue weighted by molar-refractivity contribution is 7.99. The summed E-state index contributed by atoms with van der Waals surface area (Å²) in [6.07, 6.45) is -0.930. The SMILES string of the molecule is CC(C)n1c(Sc2cc(Cl)cc(Cl)c2)c(C(O)c2ccccc2)n(C)c1=O. The number of aromatic nitrogens is 2. The van der Waals surface area contributed by atoms with Crippen LogP contribution in [0.4, 0.5) is 0 Å². The molecule has 142 valence electrons. The third-order valence-electron chi connectivity index (χ3n) is 4.23. The van der Waals surface area contributed by atoms with Crippen LogP contribution in [0.2, 0.25) is 10.0 Å². The molecule has 0 fully saturated rings. The number of hydrogen-bond donors (Lipinski definition) is 1.